The van der Waals surface area contributed by atoms with Gasteiger partial charge in [0, 0.05) is 55.3 Å². The first-order valence-corrected chi connectivity index (χ1v) is 23.7. The van der Waals surface area contributed by atoms with E-state index in [1.165, 1.54) is 37.5 Å². The maximum atomic E-state index is 12.9. The lowest BCUT2D eigenvalue weighted by atomic mass is 10.2. The SMILES string of the molecule is CN(C)CCOC(=O)COc1ccc(Cl)cc1.CNC(=O)c1cc(Oc2ccc(NC(=O)Nc3ccc(Cl)c(C(F)(F)F)c3)cc2)ccn1.Cc1ccc(S(=O)(=O)NC(=O)NN2CCCCCC2)cc1. The van der Waals surface area contributed by atoms with Gasteiger partial charge in [0.15, 0.2) is 6.61 Å². The second-order valence-corrected chi connectivity index (χ2v) is 17.9. The van der Waals surface area contributed by atoms with Crippen molar-refractivity contribution in [1.82, 2.24) is 30.4 Å². The second-order valence-electron chi connectivity index (χ2n) is 15.4. The van der Waals surface area contributed by atoms with Crippen molar-refractivity contribution >= 4 is 68.5 Å². The van der Waals surface area contributed by atoms with Crippen molar-refractivity contribution in [3.05, 3.63) is 136 Å². The number of urea groups is 2. The number of pyridine rings is 1. The molecule has 0 saturated carbocycles. The Kier molecular flexibility index (Phi) is 22.0. The molecule has 5 N–H and O–H groups in total. The summed E-state index contributed by atoms with van der Waals surface area (Å²) >= 11 is 11.3. The van der Waals surface area contributed by atoms with Crippen LogP contribution < -0.4 is 35.6 Å². The molecule has 0 atom stereocenters. The van der Waals surface area contributed by atoms with E-state index in [0.29, 0.717) is 41.1 Å². The number of anilines is 2. The minimum Gasteiger partial charge on any atom is -0.482 e. The van der Waals surface area contributed by atoms with Crippen LogP contribution in [0.3, 0.4) is 0 Å². The Labute approximate surface area is 414 Å². The van der Waals surface area contributed by atoms with E-state index in [-0.39, 0.29) is 34.8 Å². The average molecular weight is 1030 g/mol. The highest BCUT2D eigenvalue weighted by molar-refractivity contribution is 7.90. The van der Waals surface area contributed by atoms with Crippen molar-refractivity contribution in [3.63, 3.8) is 0 Å². The number of likely N-dealkylation sites (N-methyl/N-ethyl adjacent to an activating group) is 1. The zero-order valence-electron chi connectivity index (χ0n) is 38.6. The summed E-state index contributed by atoms with van der Waals surface area (Å²) < 4.78 is 80.9. The van der Waals surface area contributed by atoms with Gasteiger partial charge in [-0.15, -0.1) is 0 Å². The number of hydrogen-bond donors (Lipinski definition) is 5. The Morgan fingerprint density at radius 3 is 2.00 bits per heavy atom. The zero-order chi connectivity index (χ0) is 51.3. The van der Waals surface area contributed by atoms with Crippen LogP contribution in [-0.2, 0) is 25.7 Å². The molecule has 4 aromatic carbocycles. The molecule has 0 bridgehead atoms. The van der Waals surface area contributed by atoms with Gasteiger partial charge in [-0.3, -0.25) is 15.2 Å². The molecule has 5 amide bonds. The van der Waals surface area contributed by atoms with Gasteiger partial charge in [0.05, 0.1) is 15.5 Å². The Morgan fingerprint density at radius 2 is 1.39 bits per heavy atom. The summed E-state index contributed by atoms with van der Waals surface area (Å²) in [6, 6.07) is 24.1. The van der Waals surface area contributed by atoms with Crippen molar-refractivity contribution < 1.29 is 55.0 Å². The van der Waals surface area contributed by atoms with Crippen molar-refractivity contribution in [1.29, 1.82) is 0 Å². The fraction of sp³-hybridized carbons (Fsp3) is 0.298. The molecule has 1 fully saturated rings. The van der Waals surface area contributed by atoms with Crippen LogP contribution in [0.2, 0.25) is 10.0 Å². The lowest BCUT2D eigenvalue weighted by Crippen LogP contribution is -2.49. The predicted octanol–water partition coefficient (Wildman–Crippen LogP) is 9.15. The third kappa shape index (κ3) is 20.1. The molecular weight excluding hydrogens is 981 g/mol. The molecule has 1 saturated heterocycles. The molecule has 1 aliphatic rings. The number of carbonyl (C=O) groups is 4. The number of amides is 5. The third-order valence-corrected chi connectivity index (χ3v) is 11.4. The number of aromatic nitrogens is 1. The van der Waals surface area contributed by atoms with Crippen LogP contribution in [0.25, 0.3) is 0 Å². The number of nitrogens with zero attached hydrogens (tertiary/aromatic N) is 3. The number of carbonyl (C=O) groups excluding carboxylic acids is 4. The summed E-state index contributed by atoms with van der Waals surface area (Å²) in [5.41, 5.74) is 3.01. The second kappa shape index (κ2) is 27.5. The summed E-state index contributed by atoms with van der Waals surface area (Å²) in [6.45, 7) is 4.35. The Hall–Kier alpha value is -6.65. The summed E-state index contributed by atoms with van der Waals surface area (Å²) in [5, 5.41) is 9.23. The number of halogens is 5. The number of alkyl halides is 3. The molecule has 6 rings (SSSR count). The standard InChI is InChI=1S/C21H16ClF3N4O3.C14H21N3O3S.C12H16ClNO3/c1-26-19(30)18-11-15(8-9-27-18)32-14-5-2-12(3-6-14)28-20(31)29-13-4-7-17(22)16(10-13)21(23,24)25;1-12-6-8-13(9-7-12)21(19,20)16-14(18)15-17-10-4-2-3-5-11-17;1-14(2)7-8-16-12(15)9-17-11-5-3-10(13)4-6-11/h2-11H,1H3,(H,26,30)(H2,28,29,31);6-9H,2-5,10-11H2,1H3,(H2,15,16,18);3-6H,7-9H2,1-2H3. The highest BCUT2D eigenvalue weighted by Crippen LogP contribution is 2.36. The maximum absolute atomic E-state index is 12.9. The van der Waals surface area contributed by atoms with Crippen molar-refractivity contribution in [3.8, 4) is 17.2 Å². The van der Waals surface area contributed by atoms with Crippen LogP contribution in [0.15, 0.2) is 114 Å². The van der Waals surface area contributed by atoms with Crippen molar-refractivity contribution in [2.75, 3.05) is 64.6 Å². The topological polar surface area (TPSA) is 210 Å². The van der Waals surface area contributed by atoms with Crippen LogP contribution in [0.1, 0.15) is 47.3 Å². The van der Waals surface area contributed by atoms with Crippen molar-refractivity contribution in [2.45, 2.75) is 43.7 Å². The summed E-state index contributed by atoms with van der Waals surface area (Å²) in [7, 11) is 1.49. The van der Waals surface area contributed by atoms with Crippen LogP contribution >= 0.6 is 23.2 Å². The van der Waals surface area contributed by atoms with E-state index in [4.69, 9.17) is 37.4 Å². The van der Waals surface area contributed by atoms with Gasteiger partial charge < -0.3 is 35.1 Å². The molecule has 0 radical (unpaired) electrons. The largest absolute Gasteiger partial charge is 0.482 e. The number of rotatable bonds is 14. The van der Waals surface area contributed by atoms with E-state index in [2.05, 4.69) is 26.4 Å². The summed E-state index contributed by atoms with van der Waals surface area (Å²) in [6.07, 6.45) is 1.08. The van der Waals surface area contributed by atoms with E-state index >= 15 is 0 Å². The van der Waals surface area contributed by atoms with Crippen LogP contribution in [0.4, 0.5) is 34.1 Å². The first kappa shape index (κ1) is 55.9. The number of esters is 1. The number of hydrogen-bond acceptors (Lipinski definition) is 12. The van der Waals surface area contributed by atoms with E-state index in [0.717, 1.165) is 56.5 Å². The molecule has 1 aliphatic heterocycles. The minimum atomic E-state index is -4.64. The molecule has 23 heteroatoms. The van der Waals surface area contributed by atoms with E-state index in [9.17, 15) is 40.8 Å². The number of sulfonamides is 1. The molecule has 0 spiro atoms. The fourth-order valence-corrected chi connectivity index (χ4v) is 7.14. The minimum absolute atomic E-state index is 0.0659. The number of nitrogens with one attached hydrogen (secondary N) is 5. The molecule has 0 unspecified atom stereocenters. The van der Waals surface area contributed by atoms with Gasteiger partial charge in [-0.2, -0.15) is 13.2 Å². The highest BCUT2D eigenvalue weighted by Gasteiger charge is 2.33. The van der Waals surface area contributed by atoms with Crippen LogP contribution in [-0.4, -0.2) is 101 Å². The van der Waals surface area contributed by atoms with Crippen LogP contribution in [0.5, 0.6) is 17.2 Å². The predicted molar refractivity (Wildman–Crippen MR) is 260 cm³/mol. The van der Waals surface area contributed by atoms with Gasteiger partial charge in [0.2, 0.25) is 0 Å². The Bertz CT molecular complexity index is 2610. The smallest absolute Gasteiger partial charge is 0.417 e. The lowest BCUT2D eigenvalue weighted by Gasteiger charge is -2.20. The van der Waals surface area contributed by atoms with E-state index in [1.807, 2.05) is 30.6 Å². The van der Waals surface area contributed by atoms with E-state index < -0.39 is 38.8 Å². The van der Waals surface area contributed by atoms with E-state index in [1.54, 1.807) is 71.7 Å². The van der Waals surface area contributed by atoms with Gasteiger partial charge in [-0.05, 0) is 119 Å². The maximum Gasteiger partial charge on any atom is 0.417 e. The molecule has 2 heterocycles. The highest BCUT2D eigenvalue weighted by atomic mass is 35.5. The van der Waals surface area contributed by atoms with Gasteiger partial charge in [0.25, 0.3) is 15.9 Å². The van der Waals surface area contributed by atoms with Gasteiger partial charge in [0.1, 0.15) is 29.5 Å². The van der Waals surface area contributed by atoms with Gasteiger partial charge in [-0.1, -0.05) is 53.7 Å². The summed E-state index contributed by atoms with van der Waals surface area (Å²) in [5.74, 6) is 0.683. The number of ether oxygens (including phenoxy) is 3. The van der Waals surface area contributed by atoms with Gasteiger partial charge in [-0.25, -0.2) is 32.5 Å². The lowest BCUT2D eigenvalue weighted by molar-refractivity contribution is -0.146. The average Bonchev–Trinajstić information content (AvgIpc) is 3.58. The molecule has 5 aromatic rings. The first-order chi connectivity index (χ1) is 33.2. The molecule has 1 aromatic heterocycles. The molecule has 70 heavy (non-hydrogen) atoms. The molecule has 17 nitrogen and oxygen atoms in total. The Morgan fingerprint density at radius 1 is 0.771 bits per heavy atom. The fourth-order valence-electron chi connectivity index (χ4n) is 5.89. The Balaban J connectivity index is 0.000000243. The number of hydrazine groups is 1. The van der Waals surface area contributed by atoms with Crippen molar-refractivity contribution in [2.24, 2.45) is 0 Å². The zero-order valence-corrected chi connectivity index (χ0v) is 40.9. The first-order valence-electron chi connectivity index (χ1n) is 21.5. The normalized spacial score (nSPS) is 12.6. The molecule has 0 aliphatic carbocycles. The third-order valence-electron chi connectivity index (χ3n) is 9.46. The molecule has 376 valence electrons. The number of aryl methyl sites for hydroxylation is 1. The monoisotopic (exact) mass is 1030 g/mol. The number of benzene rings is 4. The van der Waals surface area contributed by atoms with Crippen LogP contribution in [0, 0.1) is 6.92 Å². The quantitative estimate of drug-likeness (QED) is 0.0660. The van der Waals surface area contributed by atoms with Gasteiger partial charge >= 0.3 is 24.2 Å². The summed E-state index contributed by atoms with van der Waals surface area (Å²) in [4.78, 5) is 52.8. The molecular formula is C47H53Cl2F3N8O9S.